The molecule has 160 valence electrons. The van der Waals surface area contributed by atoms with E-state index in [9.17, 15) is 4.79 Å². The van der Waals surface area contributed by atoms with Crippen LogP contribution in [0, 0.1) is 17.8 Å². The zero-order chi connectivity index (χ0) is 20.4. The molecule has 0 aromatic heterocycles. The van der Waals surface area contributed by atoms with Crippen LogP contribution in [0.1, 0.15) is 56.9 Å². The van der Waals surface area contributed by atoms with Crippen molar-refractivity contribution in [3.63, 3.8) is 0 Å². The molecule has 5 heteroatoms. The fraction of sp³-hybridized carbons (Fsp3) is 0.708. The molecule has 1 aliphatic heterocycles. The third-order valence-electron chi connectivity index (χ3n) is 7.41. The van der Waals surface area contributed by atoms with Crippen molar-refractivity contribution >= 4 is 5.91 Å². The van der Waals surface area contributed by atoms with Crippen molar-refractivity contribution in [2.45, 2.75) is 57.4 Å². The summed E-state index contributed by atoms with van der Waals surface area (Å²) < 4.78 is 11.0. The van der Waals surface area contributed by atoms with E-state index in [1.165, 1.54) is 44.1 Å². The van der Waals surface area contributed by atoms with E-state index in [4.69, 9.17) is 9.47 Å². The summed E-state index contributed by atoms with van der Waals surface area (Å²) in [5, 5.41) is 3.44. The van der Waals surface area contributed by atoms with Gasteiger partial charge in [-0.1, -0.05) is 25.8 Å². The number of hydrogen-bond donors (Lipinski definition) is 1. The van der Waals surface area contributed by atoms with Crippen molar-refractivity contribution in [2.75, 3.05) is 33.9 Å². The van der Waals surface area contributed by atoms with Gasteiger partial charge in [0.2, 0.25) is 5.91 Å². The zero-order valence-corrected chi connectivity index (χ0v) is 18.2. The zero-order valence-electron chi connectivity index (χ0n) is 18.2. The van der Waals surface area contributed by atoms with E-state index in [1.54, 1.807) is 14.2 Å². The van der Waals surface area contributed by atoms with Crippen LogP contribution in [0.4, 0.5) is 0 Å². The predicted molar refractivity (Wildman–Crippen MR) is 115 cm³/mol. The minimum Gasteiger partial charge on any atom is -0.493 e. The topological polar surface area (TPSA) is 50.8 Å². The lowest BCUT2D eigenvalue weighted by atomic mass is 9.53. The van der Waals surface area contributed by atoms with Crippen LogP contribution in [-0.4, -0.2) is 50.7 Å². The Bertz CT molecular complexity index is 722. The summed E-state index contributed by atoms with van der Waals surface area (Å²) in [5.74, 6) is 4.09. The molecule has 4 rings (SSSR count). The normalized spacial score (nSPS) is 32.0. The van der Waals surface area contributed by atoms with Gasteiger partial charge in [0.1, 0.15) is 0 Å². The Morgan fingerprint density at radius 2 is 1.83 bits per heavy atom. The second-order valence-electron chi connectivity index (χ2n) is 9.33. The number of nitrogens with one attached hydrogen (secondary N) is 1. The highest BCUT2D eigenvalue weighted by atomic mass is 16.5. The molecule has 29 heavy (non-hydrogen) atoms. The molecule has 1 aromatic carbocycles. The van der Waals surface area contributed by atoms with Crippen LogP contribution in [0.2, 0.25) is 0 Å². The largest absolute Gasteiger partial charge is 0.493 e. The second-order valence-corrected chi connectivity index (χ2v) is 9.33. The van der Waals surface area contributed by atoms with Gasteiger partial charge in [0.05, 0.1) is 20.8 Å². The minimum absolute atomic E-state index is 0.193. The second kappa shape index (κ2) is 8.95. The molecule has 1 N–H and O–H groups in total. The minimum atomic E-state index is 0.193. The van der Waals surface area contributed by atoms with Crippen LogP contribution in [0.5, 0.6) is 11.5 Å². The molecular weight excluding hydrogens is 364 g/mol. The number of likely N-dealkylation sites (tertiary alicyclic amines) is 1. The van der Waals surface area contributed by atoms with E-state index >= 15 is 0 Å². The van der Waals surface area contributed by atoms with Crippen LogP contribution in [-0.2, 0) is 4.79 Å². The first kappa shape index (κ1) is 20.5. The molecule has 1 amide bonds. The number of hydrogen-bond acceptors (Lipinski definition) is 4. The van der Waals surface area contributed by atoms with Gasteiger partial charge in [-0.3, -0.25) is 9.69 Å². The van der Waals surface area contributed by atoms with Crippen LogP contribution < -0.4 is 14.8 Å². The van der Waals surface area contributed by atoms with Gasteiger partial charge < -0.3 is 14.8 Å². The summed E-state index contributed by atoms with van der Waals surface area (Å²) >= 11 is 0. The quantitative estimate of drug-likeness (QED) is 0.789. The molecule has 5 atom stereocenters. The molecule has 1 saturated heterocycles. The van der Waals surface area contributed by atoms with E-state index in [0.717, 1.165) is 24.6 Å². The van der Waals surface area contributed by atoms with Gasteiger partial charge in [0.25, 0.3) is 0 Å². The Kier molecular flexibility index (Phi) is 6.33. The molecule has 1 aromatic rings. The van der Waals surface area contributed by atoms with Crippen LogP contribution in [0.3, 0.4) is 0 Å². The maximum atomic E-state index is 12.9. The maximum absolute atomic E-state index is 12.9. The molecule has 3 aliphatic rings. The first-order valence-corrected chi connectivity index (χ1v) is 11.3. The third kappa shape index (κ3) is 4.25. The first-order chi connectivity index (χ1) is 14.1. The molecule has 0 radical (unpaired) electrons. The van der Waals surface area contributed by atoms with Crippen molar-refractivity contribution < 1.29 is 14.3 Å². The van der Waals surface area contributed by atoms with Gasteiger partial charge in [0, 0.05) is 18.5 Å². The highest BCUT2D eigenvalue weighted by Crippen LogP contribution is 2.55. The smallest absolute Gasteiger partial charge is 0.234 e. The van der Waals surface area contributed by atoms with Crippen molar-refractivity contribution in [3.05, 3.63) is 23.8 Å². The van der Waals surface area contributed by atoms with Crippen LogP contribution in [0.25, 0.3) is 0 Å². The van der Waals surface area contributed by atoms with E-state index in [2.05, 4.69) is 29.3 Å². The number of methoxy groups -OCH3 is 2. The average molecular weight is 401 g/mol. The Morgan fingerprint density at radius 3 is 2.55 bits per heavy atom. The van der Waals surface area contributed by atoms with Crippen molar-refractivity contribution in [2.24, 2.45) is 17.8 Å². The van der Waals surface area contributed by atoms with Gasteiger partial charge in [-0.25, -0.2) is 0 Å². The van der Waals surface area contributed by atoms with Crippen molar-refractivity contribution in [1.82, 2.24) is 10.2 Å². The third-order valence-corrected chi connectivity index (χ3v) is 7.41. The molecule has 0 spiro atoms. The van der Waals surface area contributed by atoms with Gasteiger partial charge in [-0.15, -0.1) is 0 Å². The van der Waals surface area contributed by atoms with E-state index in [0.29, 0.717) is 30.2 Å². The summed E-state index contributed by atoms with van der Waals surface area (Å²) in [5.41, 5.74) is 1.27. The first-order valence-electron chi connectivity index (χ1n) is 11.3. The Hall–Kier alpha value is -1.75. The lowest BCUT2D eigenvalue weighted by Gasteiger charge is -2.55. The van der Waals surface area contributed by atoms with Crippen molar-refractivity contribution in [1.29, 1.82) is 0 Å². The standard InChI is InChI=1S/C24H36N2O3/c1-16-7-6-12-26(14-16)15-22(27)25-24-19-9-5-4-8-18(19)23(24)17-10-11-20(28-2)21(13-17)29-3/h10-11,13,16,18-19,23-24H,4-9,12,14-15H2,1-3H3,(H,25,27)/t16-,18-,19+,23+,24+/m1/s1. The van der Waals surface area contributed by atoms with E-state index in [-0.39, 0.29) is 11.9 Å². The molecule has 5 nitrogen and oxygen atoms in total. The Labute approximate surface area is 175 Å². The molecule has 1 heterocycles. The number of nitrogens with zero attached hydrogens (tertiary/aromatic N) is 1. The van der Waals surface area contributed by atoms with Gasteiger partial charge in [-0.2, -0.15) is 0 Å². The molecule has 3 fully saturated rings. The number of carbonyl (C=O) groups is 1. The van der Waals surface area contributed by atoms with E-state index in [1.807, 2.05) is 6.07 Å². The lowest BCUT2D eigenvalue weighted by Crippen LogP contribution is -2.60. The molecule has 0 bridgehead atoms. The molecular formula is C24H36N2O3. The van der Waals surface area contributed by atoms with Gasteiger partial charge in [0.15, 0.2) is 11.5 Å². The summed E-state index contributed by atoms with van der Waals surface area (Å²) in [6.45, 7) is 4.92. The number of rotatable bonds is 6. The Morgan fingerprint density at radius 1 is 1.07 bits per heavy atom. The molecule has 2 aliphatic carbocycles. The highest BCUT2D eigenvalue weighted by molar-refractivity contribution is 5.78. The monoisotopic (exact) mass is 400 g/mol. The van der Waals surface area contributed by atoms with Gasteiger partial charge in [-0.05, 0) is 67.7 Å². The number of amides is 1. The summed E-state index contributed by atoms with van der Waals surface area (Å²) in [6, 6.07) is 6.51. The fourth-order valence-electron chi connectivity index (χ4n) is 6.04. The Balaban J connectivity index is 1.47. The number of ether oxygens (including phenoxy) is 2. The molecule has 2 saturated carbocycles. The van der Waals surface area contributed by atoms with Gasteiger partial charge >= 0.3 is 0 Å². The summed E-state index contributed by atoms with van der Waals surface area (Å²) in [4.78, 5) is 15.2. The van der Waals surface area contributed by atoms with Crippen LogP contribution in [0.15, 0.2) is 18.2 Å². The molecule has 0 unspecified atom stereocenters. The highest BCUT2D eigenvalue weighted by Gasteiger charge is 2.52. The SMILES string of the molecule is COc1ccc([C@H]2[C@@H]3CCCC[C@@H]3[C@@H]2NC(=O)CN2CCC[C@@H](C)C2)cc1OC. The average Bonchev–Trinajstić information content (AvgIpc) is 2.72. The number of benzene rings is 1. The maximum Gasteiger partial charge on any atom is 0.234 e. The number of carbonyl (C=O) groups excluding carboxylic acids is 1. The predicted octanol–water partition coefficient (Wildman–Crippen LogP) is 3.82. The summed E-state index contributed by atoms with van der Waals surface area (Å²) in [7, 11) is 3.35. The lowest BCUT2D eigenvalue weighted by molar-refractivity contribution is -0.126. The fourth-order valence-corrected chi connectivity index (χ4v) is 6.04. The van der Waals surface area contributed by atoms with Crippen LogP contribution >= 0.6 is 0 Å². The number of fused-ring (bicyclic) bond motifs is 1. The van der Waals surface area contributed by atoms with E-state index < -0.39 is 0 Å². The number of piperidine rings is 1. The van der Waals surface area contributed by atoms with Crippen molar-refractivity contribution in [3.8, 4) is 11.5 Å². The summed E-state index contributed by atoms with van der Waals surface area (Å²) in [6.07, 6.45) is 7.58.